The summed E-state index contributed by atoms with van der Waals surface area (Å²) in [5.74, 6) is -0.508. The number of halogens is 3. The van der Waals surface area contributed by atoms with Crippen LogP contribution >= 0.6 is 0 Å². The van der Waals surface area contributed by atoms with Gasteiger partial charge in [0.05, 0.1) is 0 Å². The summed E-state index contributed by atoms with van der Waals surface area (Å²) in [5.41, 5.74) is 0.0800. The zero-order valence-electron chi connectivity index (χ0n) is 6.06. The third kappa shape index (κ3) is 1.01. The van der Waals surface area contributed by atoms with Crippen LogP contribution < -0.4 is 5.46 Å². The topological polar surface area (TPSA) is 9.23 Å². The lowest BCUT2D eigenvalue weighted by atomic mass is 9.77. The fourth-order valence-electron chi connectivity index (χ4n) is 1.31. The quantitative estimate of drug-likeness (QED) is 0.539. The monoisotopic (exact) mass is 173 g/mol. The van der Waals surface area contributed by atoms with Crippen molar-refractivity contribution < 1.29 is 17.7 Å². The van der Waals surface area contributed by atoms with Crippen LogP contribution in [0.1, 0.15) is 5.56 Å². The van der Waals surface area contributed by atoms with Gasteiger partial charge in [-0.3, -0.25) is 0 Å². The Kier molecular flexibility index (Phi) is 1.45. The second kappa shape index (κ2) is 2.26. The molecular formula is C7H5BF3O-. The molecule has 0 saturated carbocycles. The highest BCUT2D eigenvalue weighted by molar-refractivity contribution is 6.75. The average molecular weight is 173 g/mol. The van der Waals surface area contributed by atoms with E-state index in [0.717, 1.165) is 18.2 Å². The maximum Gasteiger partial charge on any atom is 0.476 e. The summed E-state index contributed by atoms with van der Waals surface area (Å²) in [6.07, 6.45) is 0. The molecule has 64 valence electrons. The van der Waals surface area contributed by atoms with Crippen LogP contribution in [0.25, 0.3) is 0 Å². The number of fused-ring (bicyclic) bond motifs is 1. The molecule has 0 radical (unpaired) electrons. The highest BCUT2D eigenvalue weighted by atomic mass is 19.3. The van der Waals surface area contributed by atoms with Crippen LogP contribution in [0, 0.1) is 5.82 Å². The molecule has 0 aliphatic carbocycles. The van der Waals surface area contributed by atoms with Crippen LogP contribution in [0.5, 0.6) is 0 Å². The standard InChI is InChI=1S/C7H5BF3O/c9-6-1-2-7-5(3-6)4-12-8(7,10)11/h1-3H,4H2/q-1. The van der Waals surface area contributed by atoms with Gasteiger partial charge in [0.25, 0.3) is 0 Å². The maximum atomic E-state index is 12.8. The second-order valence-electron chi connectivity index (χ2n) is 2.75. The number of hydrogen-bond donors (Lipinski definition) is 0. The van der Waals surface area contributed by atoms with Crippen LogP contribution in [0.15, 0.2) is 18.2 Å². The Balaban J connectivity index is 2.55. The Hall–Kier alpha value is -0.965. The molecule has 0 saturated heterocycles. The molecule has 0 atom stereocenters. The Labute approximate surface area is 67.2 Å². The van der Waals surface area contributed by atoms with E-state index < -0.39 is 12.7 Å². The fourth-order valence-corrected chi connectivity index (χ4v) is 1.31. The van der Waals surface area contributed by atoms with Gasteiger partial charge in [0.15, 0.2) is 0 Å². The summed E-state index contributed by atoms with van der Waals surface area (Å²) in [6, 6.07) is 3.18. The van der Waals surface area contributed by atoms with Gasteiger partial charge in [0.1, 0.15) is 5.82 Å². The Morgan fingerprint density at radius 3 is 2.83 bits per heavy atom. The van der Waals surface area contributed by atoms with Crippen LogP contribution in [-0.4, -0.2) is 6.90 Å². The zero-order valence-corrected chi connectivity index (χ0v) is 6.06. The molecule has 0 amide bonds. The summed E-state index contributed by atoms with van der Waals surface area (Å²) in [4.78, 5) is 0. The van der Waals surface area contributed by atoms with Gasteiger partial charge < -0.3 is 13.3 Å². The molecule has 0 spiro atoms. The van der Waals surface area contributed by atoms with Crippen LogP contribution in [-0.2, 0) is 11.3 Å². The van der Waals surface area contributed by atoms with E-state index in [4.69, 9.17) is 0 Å². The molecule has 1 aliphatic heterocycles. The molecule has 2 rings (SSSR count). The normalized spacial score (nSPS) is 19.2. The fraction of sp³-hybridized carbons (Fsp3) is 0.143. The first-order valence-electron chi connectivity index (χ1n) is 3.53. The van der Waals surface area contributed by atoms with Crippen molar-refractivity contribution in [2.45, 2.75) is 6.61 Å². The van der Waals surface area contributed by atoms with Gasteiger partial charge in [0, 0.05) is 6.61 Å². The first-order valence-corrected chi connectivity index (χ1v) is 3.53. The van der Waals surface area contributed by atoms with Crippen molar-refractivity contribution in [3.63, 3.8) is 0 Å². The molecule has 1 nitrogen and oxygen atoms in total. The van der Waals surface area contributed by atoms with E-state index >= 15 is 0 Å². The highest BCUT2D eigenvalue weighted by Crippen LogP contribution is 2.21. The van der Waals surface area contributed by atoms with E-state index in [1.165, 1.54) is 0 Å². The SMILES string of the molecule is Fc1ccc2c(c1)CO[B-]2(F)F. The van der Waals surface area contributed by atoms with E-state index in [1.807, 2.05) is 0 Å². The van der Waals surface area contributed by atoms with E-state index in [9.17, 15) is 13.0 Å². The van der Waals surface area contributed by atoms with E-state index in [1.54, 1.807) is 0 Å². The molecule has 0 aromatic heterocycles. The van der Waals surface area contributed by atoms with Crippen molar-refractivity contribution >= 4 is 12.4 Å². The third-order valence-electron chi connectivity index (χ3n) is 1.92. The summed E-state index contributed by atoms with van der Waals surface area (Å²) in [6.45, 7) is -4.07. The maximum absolute atomic E-state index is 12.8. The summed E-state index contributed by atoms with van der Waals surface area (Å²) >= 11 is 0. The van der Waals surface area contributed by atoms with E-state index in [2.05, 4.69) is 4.65 Å². The second-order valence-corrected chi connectivity index (χ2v) is 2.75. The van der Waals surface area contributed by atoms with Gasteiger partial charge >= 0.3 is 6.90 Å². The Morgan fingerprint density at radius 1 is 1.33 bits per heavy atom. The summed E-state index contributed by atoms with van der Waals surface area (Å²) < 4.78 is 42.3. The molecule has 0 unspecified atom stereocenters. The van der Waals surface area contributed by atoms with Crippen molar-refractivity contribution in [3.8, 4) is 0 Å². The number of hydrogen-bond acceptors (Lipinski definition) is 1. The van der Waals surface area contributed by atoms with Crippen molar-refractivity contribution in [3.05, 3.63) is 29.6 Å². The van der Waals surface area contributed by atoms with Crippen molar-refractivity contribution in [2.24, 2.45) is 0 Å². The molecule has 1 aliphatic rings. The highest BCUT2D eigenvalue weighted by Gasteiger charge is 2.35. The Morgan fingerprint density at radius 2 is 2.08 bits per heavy atom. The minimum atomic E-state index is -3.88. The zero-order chi connectivity index (χ0) is 8.77. The molecule has 0 fully saturated rings. The van der Waals surface area contributed by atoms with Gasteiger partial charge in [0.2, 0.25) is 0 Å². The van der Waals surface area contributed by atoms with Gasteiger partial charge in [-0.25, -0.2) is 4.39 Å². The minimum Gasteiger partial charge on any atom is -0.531 e. The smallest absolute Gasteiger partial charge is 0.476 e. The number of benzene rings is 1. The predicted molar refractivity (Wildman–Crippen MR) is 38.8 cm³/mol. The van der Waals surface area contributed by atoms with Crippen LogP contribution in [0.3, 0.4) is 0 Å². The van der Waals surface area contributed by atoms with Gasteiger partial charge in [-0.05, 0) is 12.1 Å². The van der Waals surface area contributed by atoms with Crippen LogP contribution in [0.2, 0.25) is 0 Å². The van der Waals surface area contributed by atoms with Crippen molar-refractivity contribution in [1.82, 2.24) is 0 Å². The Bertz CT molecular complexity index is 326. The number of rotatable bonds is 0. The first kappa shape index (κ1) is 7.67. The van der Waals surface area contributed by atoms with E-state index in [-0.39, 0.29) is 17.6 Å². The van der Waals surface area contributed by atoms with Crippen LogP contribution in [0.4, 0.5) is 13.0 Å². The lowest BCUT2D eigenvalue weighted by molar-refractivity contribution is 0.242. The average Bonchev–Trinajstić information content (AvgIpc) is 2.27. The minimum absolute atomic E-state index is 0.170. The largest absolute Gasteiger partial charge is 0.531 e. The third-order valence-corrected chi connectivity index (χ3v) is 1.92. The van der Waals surface area contributed by atoms with Gasteiger partial charge in [-0.2, -0.15) is 0 Å². The van der Waals surface area contributed by atoms with Crippen molar-refractivity contribution in [1.29, 1.82) is 0 Å². The predicted octanol–water partition coefficient (Wildman–Crippen LogP) is 1.44. The molecular weight excluding hydrogens is 168 g/mol. The molecule has 1 heterocycles. The lowest BCUT2D eigenvalue weighted by Gasteiger charge is -2.16. The molecule has 0 N–H and O–H groups in total. The van der Waals surface area contributed by atoms with Gasteiger partial charge in [-0.15, -0.1) is 5.46 Å². The summed E-state index contributed by atoms with van der Waals surface area (Å²) in [5, 5.41) is 0. The summed E-state index contributed by atoms with van der Waals surface area (Å²) in [7, 11) is 0. The first-order chi connectivity index (χ1) is 5.59. The lowest BCUT2D eigenvalue weighted by Crippen LogP contribution is -2.37. The van der Waals surface area contributed by atoms with Gasteiger partial charge in [-0.1, -0.05) is 11.6 Å². The molecule has 1 aromatic rings. The molecule has 1 aromatic carbocycles. The van der Waals surface area contributed by atoms with E-state index in [0.29, 0.717) is 0 Å². The molecule has 12 heavy (non-hydrogen) atoms. The van der Waals surface area contributed by atoms with Crippen molar-refractivity contribution in [2.75, 3.05) is 0 Å². The molecule has 5 heteroatoms. The molecule has 0 bridgehead atoms.